The van der Waals surface area contributed by atoms with Gasteiger partial charge >= 0.3 is 6.61 Å². The first-order chi connectivity index (χ1) is 11.0. The molecule has 0 spiro atoms. The highest BCUT2D eigenvalue weighted by atomic mass is 32.1. The van der Waals surface area contributed by atoms with Crippen molar-refractivity contribution in [1.29, 1.82) is 0 Å². The molecule has 23 heavy (non-hydrogen) atoms. The van der Waals surface area contributed by atoms with Crippen molar-refractivity contribution < 1.29 is 13.5 Å². The van der Waals surface area contributed by atoms with Crippen molar-refractivity contribution in [2.75, 3.05) is 6.54 Å². The van der Waals surface area contributed by atoms with E-state index in [2.05, 4.69) is 22.3 Å². The monoisotopic (exact) mass is 342 g/mol. The minimum atomic E-state index is -2.78. The lowest BCUT2D eigenvalue weighted by Gasteiger charge is -2.30. The quantitative estimate of drug-likeness (QED) is 0.769. The molecule has 0 amide bonds. The molecule has 0 radical (unpaired) electrons. The fraction of sp³-hybridized carbons (Fsp3) is 0.588. The number of rotatable bonds is 6. The maximum absolute atomic E-state index is 12.1. The van der Waals surface area contributed by atoms with Gasteiger partial charge in [-0.2, -0.15) is 8.78 Å². The molecule has 0 saturated heterocycles. The number of alkyl halides is 2. The minimum Gasteiger partial charge on any atom is -0.435 e. The van der Waals surface area contributed by atoms with E-state index in [9.17, 15) is 8.78 Å². The highest BCUT2D eigenvalue weighted by molar-refractivity contribution is 7.80. The van der Waals surface area contributed by atoms with E-state index in [1.165, 1.54) is 25.7 Å². The molecule has 1 aliphatic rings. The van der Waals surface area contributed by atoms with Crippen LogP contribution in [0.5, 0.6) is 5.75 Å². The summed E-state index contributed by atoms with van der Waals surface area (Å²) in [7, 11) is 0. The Morgan fingerprint density at radius 2 is 1.96 bits per heavy atom. The van der Waals surface area contributed by atoms with Gasteiger partial charge in [-0.15, -0.1) is 0 Å². The molecule has 1 aliphatic carbocycles. The summed E-state index contributed by atoms with van der Waals surface area (Å²) in [5.41, 5.74) is 1.05. The van der Waals surface area contributed by atoms with Crippen LogP contribution in [0.15, 0.2) is 24.3 Å². The third kappa shape index (κ3) is 6.29. The van der Waals surface area contributed by atoms with Gasteiger partial charge in [-0.05, 0) is 55.1 Å². The Labute approximate surface area is 141 Å². The highest BCUT2D eigenvalue weighted by Gasteiger charge is 2.21. The topological polar surface area (TPSA) is 33.3 Å². The third-order valence-corrected chi connectivity index (χ3v) is 4.54. The fourth-order valence-corrected chi connectivity index (χ4v) is 3.16. The Hall–Kier alpha value is -1.43. The molecule has 0 aliphatic heterocycles. The normalized spacial score (nSPS) is 21.0. The van der Waals surface area contributed by atoms with Gasteiger partial charge in [-0.25, -0.2) is 0 Å². The molecule has 1 saturated carbocycles. The summed E-state index contributed by atoms with van der Waals surface area (Å²) in [5.74, 6) is 0.839. The Bertz CT molecular complexity index is 496. The maximum Gasteiger partial charge on any atom is 0.387 e. The van der Waals surface area contributed by atoms with Crippen molar-refractivity contribution in [3.63, 3.8) is 0 Å². The summed E-state index contributed by atoms with van der Waals surface area (Å²) in [6.07, 6.45) is 5.78. The number of thiocarbonyl (C=S) groups is 1. The zero-order chi connectivity index (χ0) is 16.7. The number of ether oxygens (including phenoxy) is 1. The zero-order valence-corrected chi connectivity index (χ0v) is 14.2. The van der Waals surface area contributed by atoms with E-state index in [1.54, 1.807) is 24.3 Å². The third-order valence-electron chi connectivity index (χ3n) is 4.28. The lowest BCUT2D eigenvalue weighted by atomic mass is 9.86. The molecule has 6 heteroatoms. The summed E-state index contributed by atoms with van der Waals surface area (Å²) in [6.45, 7) is 0.193. The smallest absolute Gasteiger partial charge is 0.387 e. The van der Waals surface area contributed by atoms with Crippen molar-refractivity contribution in [1.82, 2.24) is 10.6 Å². The molecule has 0 heterocycles. The van der Waals surface area contributed by atoms with E-state index in [4.69, 9.17) is 12.2 Å². The van der Waals surface area contributed by atoms with Gasteiger partial charge in [0.2, 0.25) is 0 Å². The van der Waals surface area contributed by atoms with E-state index in [1.807, 2.05) is 0 Å². The molecule has 1 aromatic carbocycles. The lowest BCUT2D eigenvalue weighted by Crippen LogP contribution is -2.46. The molecule has 0 aromatic heterocycles. The molecule has 2 atom stereocenters. The highest BCUT2D eigenvalue weighted by Crippen LogP contribution is 2.23. The van der Waals surface area contributed by atoms with Gasteiger partial charge in [-0.1, -0.05) is 31.9 Å². The van der Waals surface area contributed by atoms with Crippen molar-refractivity contribution in [2.45, 2.75) is 51.7 Å². The fourth-order valence-electron chi connectivity index (χ4n) is 2.91. The molecule has 1 fully saturated rings. The van der Waals surface area contributed by atoms with E-state index < -0.39 is 6.61 Å². The van der Waals surface area contributed by atoms with Crippen LogP contribution in [0, 0.1) is 5.92 Å². The van der Waals surface area contributed by atoms with Crippen LogP contribution in [0.2, 0.25) is 0 Å². The second-order valence-corrected chi connectivity index (χ2v) is 6.45. The summed E-state index contributed by atoms with van der Waals surface area (Å²) in [6, 6.07) is 7.16. The zero-order valence-electron chi connectivity index (χ0n) is 13.4. The van der Waals surface area contributed by atoms with Crippen LogP contribution in [0.4, 0.5) is 8.78 Å². The van der Waals surface area contributed by atoms with Crippen molar-refractivity contribution in [2.24, 2.45) is 5.92 Å². The van der Waals surface area contributed by atoms with E-state index >= 15 is 0 Å². The molecule has 3 nitrogen and oxygen atoms in total. The standard InChI is InChI=1S/C17H24F2N2OS/c1-12-4-2-3-5-15(12)21-17(23)20-11-10-13-6-8-14(9-7-13)22-16(18)19/h6-9,12,15-16H,2-5,10-11H2,1H3,(H2,20,21,23)/t12-,15-/m0/s1. The second-order valence-electron chi connectivity index (χ2n) is 6.04. The van der Waals surface area contributed by atoms with Gasteiger partial charge in [0.05, 0.1) is 0 Å². The molecule has 128 valence electrons. The van der Waals surface area contributed by atoms with Crippen LogP contribution >= 0.6 is 12.2 Å². The average Bonchev–Trinajstić information content (AvgIpc) is 2.51. The molecular formula is C17H24F2N2OS. The lowest BCUT2D eigenvalue weighted by molar-refractivity contribution is -0.0498. The molecular weight excluding hydrogens is 318 g/mol. The van der Waals surface area contributed by atoms with Gasteiger partial charge < -0.3 is 15.4 Å². The predicted molar refractivity (Wildman–Crippen MR) is 91.9 cm³/mol. The number of nitrogens with one attached hydrogen (secondary N) is 2. The van der Waals surface area contributed by atoms with Crippen molar-refractivity contribution in [3.8, 4) is 5.75 Å². The first-order valence-corrected chi connectivity index (χ1v) is 8.53. The van der Waals surface area contributed by atoms with E-state index in [0.29, 0.717) is 23.6 Å². The van der Waals surface area contributed by atoms with Gasteiger partial charge in [0.25, 0.3) is 0 Å². The summed E-state index contributed by atoms with van der Waals surface area (Å²) >= 11 is 5.35. The Morgan fingerprint density at radius 3 is 2.61 bits per heavy atom. The summed E-state index contributed by atoms with van der Waals surface area (Å²) < 4.78 is 28.5. The van der Waals surface area contributed by atoms with Gasteiger partial charge in [0.15, 0.2) is 5.11 Å². The average molecular weight is 342 g/mol. The largest absolute Gasteiger partial charge is 0.435 e. The van der Waals surface area contributed by atoms with Crippen LogP contribution < -0.4 is 15.4 Å². The van der Waals surface area contributed by atoms with Crippen LogP contribution in [0.25, 0.3) is 0 Å². The van der Waals surface area contributed by atoms with E-state index in [-0.39, 0.29) is 5.75 Å². The SMILES string of the molecule is C[C@H]1CCCC[C@@H]1NC(=S)NCCc1ccc(OC(F)F)cc1. The predicted octanol–water partition coefficient (Wildman–Crippen LogP) is 3.87. The van der Waals surface area contributed by atoms with Gasteiger partial charge in [0, 0.05) is 12.6 Å². The maximum atomic E-state index is 12.1. The second kappa shape index (κ2) is 9.01. The first kappa shape index (κ1) is 17.9. The molecule has 2 N–H and O–H groups in total. The van der Waals surface area contributed by atoms with Crippen LogP contribution in [0.3, 0.4) is 0 Å². The first-order valence-electron chi connectivity index (χ1n) is 8.12. The summed E-state index contributed by atoms with van der Waals surface area (Å²) in [4.78, 5) is 0. The number of hydrogen-bond acceptors (Lipinski definition) is 2. The Balaban J connectivity index is 1.68. The molecule has 2 rings (SSSR count). The number of hydrogen-bond donors (Lipinski definition) is 2. The minimum absolute atomic E-state index is 0.181. The van der Waals surface area contributed by atoms with Crippen LogP contribution in [-0.4, -0.2) is 24.3 Å². The van der Waals surface area contributed by atoms with Gasteiger partial charge in [0.1, 0.15) is 5.75 Å². The van der Waals surface area contributed by atoms with Crippen LogP contribution in [-0.2, 0) is 6.42 Å². The molecule has 0 unspecified atom stereocenters. The Kier molecular flexibility index (Phi) is 7.02. The number of benzene rings is 1. The number of halogens is 2. The van der Waals surface area contributed by atoms with Gasteiger partial charge in [-0.3, -0.25) is 0 Å². The molecule has 1 aromatic rings. The van der Waals surface area contributed by atoms with Crippen LogP contribution in [0.1, 0.15) is 38.2 Å². The molecule has 0 bridgehead atoms. The van der Waals surface area contributed by atoms with Crippen molar-refractivity contribution in [3.05, 3.63) is 29.8 Å². The van der Waals surface area contributed by atoms with E-state index in [0.717, 1.165) is 12.0 Å². The van der Waals surface area contributed by atoms with Crippen molar-refractivity contribution >= 4 is 17.3 Å². The Morgan fingerprint density at radius 1 is 1.26 bits per heavy atom. The summed E-state index contributed by atoms with van der Waals surface area (Å²) in [5, 5.41) is 7.31.